The molecule has 1 aromatic rings. The Kier molecular flexibility index (Phi) is 3.85. The van der Waals surface area contributed by atoms with Gasteiger partial charge in [0.05, 0.1) is 0 Å². The van der Waals surface area contributed by atoms with Gasteiger partial charge in [0.15, 0.2) is 0 Å². The van der Waals surface area contributed by atoms with Gasteiger partial charge in [-0.3, -0.25) is 0 Å². The fourth-order valence-electron chi connectivity index (χ4n) is 0.452. The standard InChI is InChI=1S/C4H3Br3N2OS2/c1-2-8-9-3(11-2)12(10)4(5,6)7/h1H3. The Morgan fingerprint density at radius 2 is 2.00 bits per heavy atom. The van der Waals surface area contributed by atoms with E-state index in [9.17, 15) is 4.21 Å². The molecule has 1 unspecified atom stereocenters. The van der Waals surface area contributed by atoms with Crippen molar-refractivity contribution in [3.8, 4) is 0 Å². The smallest absolute Gasteiger partial charge is 0.215 e. The SMILES string of the molecule is Cc1nnc(S(=O)C(Br)(Br)Br)s1. The molecule has 0 aliphatic carbocycles. The zero-order chi connectivity index (χ0) is 9.35. The van der Waals surface area contributed by atoms with Crippen LogP contribution in [-0.2, 0) is 10.8 Å². The Morgan fingerprint density at radius 3 is 2.33 bits per heavy atom. The van der Waals surface area contributed by atoms with Crippen molar-refractivity contribution in [2.24, 2.45) is 0 Å². The highest BCUT2D eigenvalue weighted by molar-refractivity contribution is 9.42. The van der Waals surface area contributed by atoms with E-state index in [-0.39, 0.29) is 0 Å². The first kappa shape index (κ1) is 11.2. The Balaban J connectivity index is 2.93. The van der Waals surface area contributed by atoms with E-state index >= 15 is 0 Å². The highest BCUT2D eigenvalue weighted by atomic mass is 80.0. The summed E-state index contributed by atoms with van der Waals surface area (Å²) in [4.78, 5) is 0. The van der Waals surface area contributed by atoms with Crippen LogP contribution in [0.3, 0.4) is 0 Å². The minimum atomic E-state index is -1.28. The second kappa shape index (κ2) is 4.12. The quantitative estimate of drug-likeness (QED) is 0.683. The Labute approximate surface area is 101 Å². The van der Waals surface area contributed by atoms with Gasteiger partial charge in [-0.15, -0.1) is 10.2 Å². The second-order valence-electron chi connectivity index (χ2n) is 1.80. The van der Waals surface area contributed by atoms with E-state index in [2.05, 4.69) is 58.0 Å². The van der Waals surface area contributed by atoms with Gasteiger partial charge in [-0.2, -0.15) is 0 Å². The number of aromatic nitrogens is 2. The fourth-order valence-corrected chi connectivity index (χ4v) is 4.57. The number of alkyl halides is 3. The van der Waals surface area contributed by atoms with Crippen molar-refractivity contribution in [2.75, 3.05) is 0 Å². The van der Waals surface area contributed by atoms with E-state index < -0.39 is 12.3 Å². The number of aryl methyl sites for hydroxylation is 1. The van der Waals surface area contributed by atoms with E-state index in [1.165, 1.54) is 11.3 Å². The lowest BCUT2D eigenvalue weighted by Crippen LogP contribution is -2.09. The molecule has 0 amide bonds. The minimum absolute atomic E-state index is 0.484. The Hall–Kier alpha value is 1.15. The maximum atomic E-state index is 11.6. The third kappa shape index (κ3) is 2.83. The maximum Gasteiger partial charge on any atom is 0.215 e. The van der Waals surface area contributed by atoms with Crippen molar-refractivity contribution in [3.63, 3.8) is 0 Å². The molecule has 0 aromatic carbocycles. The fraction of sp³-hybridized carbons (Fsp3) is 0.500. The van der Waals surface area contributed by atoms with E-state index in [0.29, 0.717) is 4.34 Å². The van der Waals surface area contributed by atoms with Crippen LogP contribution in [0, 0.1) is 6.92 Å². The van der Waals surface area contributed by atoms with E-state index in [0.717, 1.165) is 5.01 Å². The molecule has 0 aliphatic rings. The van der Waals surface area contributed by atoms with Crippen LogP contribution in [0.15, 0.2) is 4.34 Å². The third-order valence-electron chi connectivity index (χ3n) is 0.876. The summed E-state index contributed by atoms with van der Waals surface area (Å²) in [7, 11) is -1.28. The summed E-state index contributed by atoms with van der Waals surface area (Å²) in [6.45, 7) is 1.82. The van der Waals surface area contributed by atoms with Gasteiger partial charge in [-0.05, 0) is 54.7 Å². The lowest BCUT2D eigenvalue weighted by molar-refractivity contribution is 0.683. The molecule has 68 valence electrons. The van der Waals surface area contributed by atoms with Crippen LogP contribution in [0.4, 0.5) is 0 Å². The van der Waals surface area contributed by atoms with Crippen molar-refractivity contribution >= 4 is 69.9 Å². The summed E-state index contributed by atoms with van der Waals surface area (Å²) in [5.41, 5.74) is 0. The van der Waals surface area contributed by atoms with Gasteiger partial charge in [-0.25, -0.2) is 4.21 Å². The number of hydrogen-bond donors (Lipinski definition) is 0. The lowest BCUT2D eigenvalue weighted by Gasteiger charge is -2.07. The predicted molar refractivity (Wildman–Crippen MR) is 60.6 cm³/mol. The van der Waals surface area contributed by atoms with Crippen LogP contribution in [0.5, 0.6) is 0 Å². The zero-order valence-corrected chi connectivity index (χ0v) is 12.1. The number of nitrogens with zero attached hydrogens (tertiary/aromatic N) is 2. The molecular weight excluding hydrogens is 396 g/mol. The summed E-state index contributed by atoms with van der Waals surface area (Å²) in [5.74, 6) is 0. The molecule has 12 heavy (non-hydrogen) atoms. The third-order valence-corrected chi connectivity index (χ3v) is 5.68. The average Bonchev–Trinajstić information content (AvgIpc) is 2.32. The highest BCUT2D eigenvalue weighted by Gasteiger charge is 2.30. The van der Waals surface area contributed by atoms with Gasteiger partial charge in [0.1, 0.15) is 15.8 Å². The van der Waals surface area contributed by atoms with Crippen LogP contribution < -0.4 is 0 Å². The molecule has 0 saturated heterocycles. The van der Waals surface area contributed by atoms with Crippen LogP contribution >= 0.6 is 59.1 Å². The summed E-state index contributed by atoms with van der Waals surface area (Å²) in [5, 5.41) is 8.33. The van der Waals surface area contributed by atoms with Crippen LogP contribution in [0.1, 0.15) is 5.01 Å². The minimum Gasteiger partial charge on any atom is -0.249 e. The second-order valence-corrected chi connectivity index (χ2v) is 13.1. The molecule has 1 rings (SSSR count). The average molecular weight is 399 g/mol. The van der Waals surface area contributed by atoms with Gasteiger partial charge in [0.2, 0.25) is 5.81 Å². The first-order chi connectivity index (χ1) is 5.41. The Morgan fingerprint density at radius 1 is 1.42 bits per heavy atom. The molecule has 1 heterocycles. The zero-order valence-electron chi connectivity index (χ0n) is 5.75. The number of rotatable bonds is 1. The molecular formula is C4H3Br3N2OS2. The van der Waals surface area contributed by atoms with Crippen LogP contribution in [0.2, 0.25) is 0 Å². The van der Waals surface area contributed by atoms with Gasteiger partial charge < -0.3 is 0 Å². The topological polar surface area (TPSA) is 42.9 Å². The van der Waals surface area contributed by atoms with E-state index in [1.807, 2.05) is 6.92 Å². The number of halogens is 3. The van der Waals surface area contributed by atoms with Gasteiger partial charge in [-0.1, -0.05) is 11.3 Å². The summed E-state index contributed by atoms with van der Waals surface area (Å²) >= 11 is 10.8. The summed E-state index contributed by atoms with van der Waals surface area (Å²) in [6, 6.07) is 0. The first-order valence-corrected chi connectivity index (χ1v) is 7.04. The van der Waals surface area contributed by atoms with Crippen molar-refractivity contribution in [3.05, 3.63) is 5.01 Å². The molecule has 0 bridgehead atoms. The summed E-state index contributed by atoms with van der Waals surface area (Å²) in [6.07, 6.45) is 0. The van der Waals surface area contributed by atoms with Gasteiger partial charge >= 0.3 is 0 Å². The van der Waals surface area contributed by atoms with Gasteiger partial charge in [0.25, 0.3) is 0 Å². The molecule has 0 aliphatic heterocycles. The van der Waals surface area contributed by atoms with Crippen LogP contribution in [-0.4, -0.2) is 15.9 Å². The monoisotopic (exact) mass is 396 g/mol. The maximum absolute atomic E-state index is 11.6. The Bertz CT molecular complexity index is 307. The normalized spacial score (nSPS) is 14.7. The summed E-state index contributed by atoms with van der Waals surface area (Å²) < 4.78 is 11.2. The first-order valence-electron chi connectivity index (χ1n) is 2.70. The molecule has 3 nitrogen and oxygen atoms in total. The van der Waals surface area contributed by atoms with Crippen molar-refractivity contribution in [2.45, 2.75) is 12.7 Å². The predicted octanol–water partition coefficient (Wildman–Crippen LogP) is 2.75. The number of hydrogen-bond acceptors (Lipinski definition) is 4. The highest BCUT2D eigenvalue weighted by Crippen LogP contribution is 2.40. The van der Waals surface area contributed by atoms with Crippen molar-refractivity contribution in [1.29, 1.82) is 0 Å². The van der Waals surface area contributed by atoms with E-state index in [4.69, 9.17) is 0 Å². The molecule has 1 aromatic heterocycles. The lowest BCUT2D eigenvalue weighted by atomic mass is 10.9. The molecule has 0 radical (unpaired) electrons. The largest absolute Gasteiger partial charge is 0.249 e. The van der Waals surface area contributed by atoms with E-state index in [1.54, 1.807) is 0 Å². The molecule has 0 saturated carbocycles. The molecule has 0 spiro atoms. The van der Waals surface area contributed by atoms with Crippen molar-refractivity contribution < 1.29 is 4.21 Å². The molecule has 1 atom stereocenters. The molecule has 0 N–H and O–H groups in total. The molecule has 8 heteroatoms. The van der Waals surface area contributed by atoms with Crippen molar-refractivity contribution in [1.82, 2.24) is 10.2 Å². The van der Waals surface area contributed by atoms with Gasteiger partial charge in [0, 0.05) is 0 Å². The molecule has 0 fully saturated rings. The van der Waals surface area contributed by atoms with Crippen LogP contribution in [0.25, 0.3) is 0 Å².